The molecule has 0 saturated heterocycles. The summed E-state index contributed by atoms with van der Waals surface area (Å²) in [5.41, 5.74) is 6.42. The summed E-state index contributed by atoms with van der Waals surface area (Å²) < 4.78 is 4.61. The van der Waals surface area contributed by atoms with Crippen LogP contribution in [-0.2, 0) is 6.42 Å². The minimum absolute atomic E-state index is 0. The Morgan fingerprint density at radius 3 is 2.90 bits per heavy atom. The quantitative estimate of drug-likeness (QED) is 0.706. The number of nitrogens with zero attached hydrogens (tertiary/aromatic N) is 1. The predicted molar refractivity (Wildman–Crippen MR) is 41.1 cm³/mol. The SMILES string of the molecule is CC(N)Cc1ccon1.Cl. The summed E-state index contributed by atoms with van der Waals surface area (Å²) in [5.74, 6) is 0. The summed E-state index contributed by atoms with van der Waals surface area (Å²) in [4.78, 5) is 0. The van der Waals surface area contributed by atoms with Crippen LogP contribution >= 0.6 is 12.4 Å². The zero-order valence-electron chi connectivity index (χ0n) is 5.78. The molecule has 2 N–H and O–H groups in total. The monoisotopic (exact) mass is 162 g/mol. The van der Waals surface area contributed by atoms with Gasteiger partial charge in [0.1, 0.15) is 6.26 Å². The van der Waals surface area contributed by atoms with Crippen molar-refractivity contribution < 1.29 is 4.52 Å². The Morgan fingerprint density at radius 1 is 1.80 bits per heavy atom. The van der Waals surface area contributed by atoms with Crippen LogP contribution in [-0.4, -0.2) is 11.2 Å². The number of halogens is 1. The Morgan fingerprint density at radius 2 is 2.50 bits per heavy atom. The minimum Gasteiger partial charge on any atom is -0.365 e. The highest BCUT2D eigenvalue weighted by Gasteiger charge is 1.98. The standard InChI is InChI=1S/C6H10N2O.ClH/c1-5(7)4-6-2-3-9-8-6;/h2-3,5H,4,7H2,1H3;1H. The van der Waals surface area contributed by atoms with Crippen LogP contribution < -0.4 is 5.73 Å². The van der Waals surface area contributed by atoms with Crippen molar-refractivity contribution in [2.75, 3.05) is 0 Å². The Balaban J connectivity index is 0.000000810. The number of hydrogen-bond donors (Lipinski definition) is 1. The second kappa shape index (κ2) is 4.30. The van der Waals surface area contributed by atoms with Crippen molar-refractivity contribution in [1.29, 1.82) is 0 Å². The lowest BCUT2D eigenvalue weighted by molar-refractivity contribution is 0.409. The van der Waals surface area contributed by atoms with Gasteiger partial charge < -0.3 is 10.3 Å². The van der Waals surface area contributed by atoms with E-state index in [4.69, 9.17) is 5.73 Å². The van der Waals surface area contributed by atoms with Crippen LogP contribution in [0.5, 0.6) is 0 Å². The Labute approximate surface area is 66.0 Å². The lowest BCUT2D eigenvalue weighted by Crippen LogP contribution is -2.17. The molecule has 0 radical (unpaired) electrons. The van der Waals surface area contributed by atoms with Gasteiger partial charge in [0, 0.05) is 18.5 Å². The molecule has 0 bridgehead atoms. The predicted octanol–water partition coefficient (Wildman–Crippen LogP) is 0.986. The topological polar surface area (TPSA) is 52.0 Å². The van der Waals surface area contributed by atoms with E-state index in [9.17, 15) is 0 Å². The molecule has 0 aliphatic rings. The average molecular weight is 163 g/mol. The van der Waals surface area contributed by atoms with Crippen LogP contribution in [0.2, 0.25) is 0 Å². The van der Waals surface area contributed by atoms with Gasteiger partial charge >= 0.3 is 0 Å². The van der Waals surface area contributed by atoms with Crippen LogP contribution in [0, 0.1) is 0 Å². The van der Waals surface area contributed by atoms with E-state index >= 15 is 0 Å². The molecule has 1 rings (SSSR count). The molecule has 4 heteroatoms. The first-order chi connectivity index (χ1) is 4.29. The number of rotatable bonds is 2. The molecule has 0 saturated carbocycles. The van der Waals surface area contributed by atoms with Gasteiger partial charge in [-0.15, -0.1) is 12.4 Å². The summed E-state index contributed by atoms with van der Waals surface area (Å²) in [6, 6.07) is 1.98. The van der Waals surface area contributed by atoms with Crippen LogP contribution in [0.25, 0.3) is 0 Å². The molecule has 1 unspecified atom stereocenters. The van der Waals surface area contributed by atoms with Gasteiger partial charge in [0.15, 0.2) is 0 Å². The van der Waals surface area contributed by atoms with E-state index in [1.165, 1.54) is 0 Å². The van der Waals surface area contributed by atoms with Crippen molar-refractivity contribution in [1.82, 2.24) is 5.16 Å². The summed E-state index contributed by atoms with van der Waals surface area (Å²) in [6.07, 6.45) is 2.34. The Bertz CT molecular complexity index is 162. The minimum atomic E-state index is 0. The molecule has 1 aromatic rings. The number of nitrogens with two attached hydrogens (primary N) is 1. The fourth-order valence-electron chi connectivity index (χ4n) is 0.673. The van der Waals surface area contributed by atoms with E-state index in [-0.39, 0.29) is 18.4 Å². The van der Waals surface area contributed by atoms with Gasteiger partial charge in [-0.3, -0.25) is 0 Å². The van der Waals surface area contributed by atoms with Gasteiger partial charge in [0.05, 0.1) is 5.69 Å². The third-order valence-electron chi connectivity index (χ3n) is 1.02. The largest absolute Gasteiger partial charge is 0.365 e. The first kappa shape index (κ1) is 9.46. The molecule has 0 aliphatic carbocycles. The summed E-state index contributed by atoms with van der Waals surface area (Å²) >= 11 is 0. The molecule has 1 heterocycles. The molecule has 0 aromatic carbocycles. The molecule has 10 heavy (non-hydrogen) atoms. The lowest BCUT2D eigenvalue weighted by atomic mass is 10.2. The zero-order chi connectivity index (χ0) is 6.69. The Kier molecular flexibility index (Phi) is 4.07. The van der Waals surface area contributed by atoms with E-state index in [1.807, 2.05) is 13.0 Å². The maximum atomic E-state index is 5.50. The van der Waals surface area contributed by atoms with Gasteiger partial charge in [-0.2, -0.15) is 0 Å². The third-order valence-corrected chi connectivity index (χ3v) is 1.02. The van der Waals surface area contributed by atoms with E-state index < -0.39 is 0 Å². The summed E-state index contributed by atoms with van der Waals surface area (Å²) in [7, 11) is 0. The normalized spacial score (nSPS) is 12.2. The van der Waals surface area contributed by atoms with Gasteiger partial charge in [-0.05, 0) is 6.92 Å². The molecule has 58 valence electrons. The Hall–Kier alpha value is -0.540. The van der Waals surface area contributed by atoms with Gasteiger partial charge in [-0.1, -0.05) is 5.16 Å². The van der Waals surface area contributed by atoms with Crippen molar-refractivity contribution in [3.63, 3.8) is 0 Å². The number of aromatic nitrogens is 1. The van der Waals surface area contributed by atoms with Gasteiger partial charge in [0.25, 0.3) is 0 Å². The smallest absolute Gasteiger partial charge is 0.124 e. The van der Waals surface area contributed by atoms with E-state index in [0.717, 1.165) is 12.1 Å². The third kappa shape index (κ3) is 2.85. The molecule has 1 aromatic heterocycles. The molecule has 1 atom stereocenters. The highest BCUT2D eigenvalue weighted by Crippen LogP contribution is 1.96. The molecule has 0 fully saturated rings. The average Bonchev–Trinajstić information content (AvgIpc) is 2.15. The lowest BCUT2D eigenvalue weighted by Gasteiger charge is -1.97. The highest BCUT2D eigenvalue weighted by molar-refractivity contribution is 5.85. The first-order valence-corrected chi connectivity index (χ1v) is 2.94. The fourth-order valence-corrected chi connectivity index (χ4v) is 0.673. The van der Waals surface area contributed by atoms with Crippen molar-refractivity contribution in [2.45, 2.75) is 19.4 Å². The van der Waals surface area contributed by atoms with E-state index in [1.54, 1.807) is 6.26 Å². The number of hydrogen-bond acceptors (Lipinski definition) is 3. The molecule has 3 nitrogen and oxygen atoms in total. The molecule has 0 spiro atoms. The highest BCUT2D eigenvalue weighted by atomic mass is 35.5. The van der Waals surface area contributed by atoms with Crippen LogP contribution in [0.15, 0.2) is 16.9 Å². The van der Waals surface area contributed by atoms with Gasteiger partial charge in [0.2, 0.25) is 0 Å². The molecule has 0 amide bonds. The van der Waals surface area contributed by atoms with Crippen LogP contribution in [0.4, 0.5) is 0 Å². The molecule has 0 aliphatic heterocycles. The fraction of sp³-hybridized carbons (Fsp3) is 0.500. The summed E-state index contributed by atoms with van der Waals surface area (Å²) in [6.45, 7) is 1.94. The van der Waals surface area contributed by atoms with Crippen molar-refractivity contribution in [2.24, 2.45) is 5.73 Å². The summed E-state index contributed by atoms with van der Waals surface area (Å²) in [5, 5.41) is 3.70. The van der Waals surface area contributed by atoms with Crippen LogP contribution in [0.3, 0.4) is 0 Å². The molecular weight excluding hydrogens is 152 g/mol. The zero-order valence-corrected chi connectivity index (χ0v) is 6.60. The van der Waals surface area contributed by atoms with Crippen molar-refractivity contribution in [3.05, 3.63) is 18.0 Å². The molecular formula is C6H11ClN2O. The second-order valence-corrected chi connectivity index (χ2v) is 2.17. The maximum Gasteiger partial charge on any atom is 0.124 e. The second-order valence-electron chi connectivity index (χ2n) is 2.17. The van der Waals surface area contributed by atoms with Crippen LogP contribution in [0.1, 0.15) is 12.6 Å². The first-order valence-electron chi connectivity index (χ1n) is 2.94. The van der Waals surface area contributed by atoms with E-state index in [2.05, 4.69) is 9.68 Å². The maximum absolute atomic E-state index is 5.50. The van der Waals surface area contributed by atoms with E-state index in [0.29, 0.717) is 0 Å². The van der Waals surface area contributed by atoms with Crippen molar-refractivity contribution >= 4 is 12.4 Å². The van der Waals surface area contributed by atoms with Crippen molar-refractivity contribution in [3.8, 4) is 0 Å². The van der Waals surface area contributed by atoms with Gasteiger partial charge in [-0.25, -0.2) is 0 Å².